The lowest BCUT2D eigenvalue weighted by molar-refractivity contribution is -0.130. The van der Waals surface area contributed by atoms with Crippen LogP contribution in [0.5, 0.6) is 5.75 Å². The van der Waals surface area contributed by atoms with Gasteiger partial charge >= 0.3 is 0 Å². The standard InChI is InChI=1S/C27H21Br2N9O3S/c28-21-11-15(12-22(29)24(21)39)14-31-35-25(40)23(32-20-6-5-16-3-1-2-4-17(16)13-20)26(41)36-37-27(42)33-18-7-9-19(10-8-18)34-38-30/h1-14,23,32,39H,(H,35,40)(H,36,41)(H2,33,37,42)/b31-14+. The molecule has 1 unspecified atom stereocenters. The van der Waals surface area contributed by atoms with Crippen molar-refractivity contribution >= 4 is 95.1 Å². The second kappa shape index (κ2) is 14.3. The van der Waals surface area contributed by atoms with Gasteiger partial charge < -0.3 is 15.7 Å². The maximum atomic E-state index is 13.2. The molecule has 0 radical (unpaired) electrons. The monoisotopic (exact) mass is 709 g/mol. The molecule has 212 valence electrons. The minimum atomic E-state index is -1.42. The number of benzene rings is 4. The second-order valence-corrected chi connectivity index (χ2v) is 10.6. The quantitative estimate of drug-likeness (QED) is 0.0249. The van der Waals surface area contributed by atoms with E-state index in [1.165, 1.54) is 6.21 Å². The number of hydrogen-bond acceptors (Lipinski definition) is 7. The number of amides is 2. The zero-order valence-corrected chi connectivity index (χ0v) is 25.4. The number of hydrazine groups is 1. The summed E-state index contributed by atoms with van der Waals surface area (Å²) in [6, 6.07) is 21.4. The molecule has 0 spiro atoms. The fourth-order valence-electron chi connectivity index (χ4n) is 3.61. The van der Waals surface area contributed by atoms with Crippen LogP contribution in [0.1, 0.15) is 5.56 Å². The van der Waals surface area contributed by atoms with Crippen LogP contribution >= 0.6 is 44.1 Å². The highest BCUT2D eigenvalue weighted by molar-refractivity contribution is 9.11. The summed E-state index contributed by atoms with van der Waals surface area (Å²) < 4.78 is 0.865. The number of fused-ring (bicyclic) bond motifs is 1. The maximum absolute atomic E-state index is 13.2. The number of azide groups is 1. The van der Waals surface area contributed by atoms with Crippen molar-refractivity contribution < 1.29 is 14.7 Å². The Morgan fingerprint density at radius 1 is 0.905 bits per heavy atom. The molecule has 0 aromatic heterocycles. The van der Waals surface area contributed by atoms with Crippen molar-refractivity contribution in [2.24, 2.45) is 10.2 Å². The highest BCUT2D eigenvalue weighted by Crippen LogP contribution is 2.32. The van der Waals surface area contributed by atoms with Crippen molar-refractivity contribution in [2.45, 2.75) is 6.04 Å². The average Bonchev–Trinajstić information content (AvgIpc) is 2.98. The molecular formula is C27H21Br2N9O3S. The molecule has 1 atom stereocenters. The van der Waals surface area contributed by atoms with E-state index in [1.54, 1.807) is 42.5 Å². The van der Waals surface area contributed by atoms with Crippen LogP contribution in [0.25, 0.3) is 21.2 Å². The van der Waals surface area contributed by atoms with Gasteiger partial charge in [-0.2, -0.15) is 5.10 Å². The molecule has 0 saturated heterocycles. The lowest BCUT2D eigenvalue weighted by atomic mass is 10.1. The molecule has 0 aliphatic heterocycles. The number of anilines is 2. The number of hydrogen-bond donors (Lipinski definition) is 6. The predicted octanol–water partition coefficient (Wildman–Crippen LogP) is 5.96. The number of nitrogens with one attached hydrogen (secondary N) is 5. The van der Waals surface area contributed by atoms with E-state index in [-0.39, 0.29) is 10.9 Å². The number of aromatic hydroxyl groups is 1. The number of phenols is 1. The van der Waals surface area contributed by atoms with Gasteiger partial charge in [-0.15, -0.1) is 0 Å². The first-order valence-electron chi connectivity index (χ1n) is 12.0. The number of carbonyl (C=O) groups excluding carboxylic acids is 2. The molecule has 4 rings (SSSR count). The van der Waals surface area contributed by atoms with Gasteiger partial charge in [0.05, 0.1) is 15.2 Å². The Bertz CT molecular complexity index is 1710. The summed E-state index contributed by atoms with van der Waals surface area (Å²) in [4.78, 5) is 29.0. The Morgan fingerprint density at radius 2 is 1.57 bits per heavy atom. The zero-order valence-electron chi connectivity index (χ0n) is 21.4. The summed E-state index contributed by atoms with van der Waals surface area (Å²) in [6.45, 7) is 0. The molecule has 0 aliphatic rings. The van der Waals surface area contributed by atoms with E-state index in [0.29, 0.717) is 31.6 Å². The van der Waals surface area contributed by atoms with Crippen molar-refractivity contribution in [1.82, 2.24) is 16.3 Å². The molecule has 42 heavy (non-hydrogen) atoms. The first-order chi connectivity index (χ1) is 20.2. The lowest BCUT2D eigenvalue weighted by Gasteiger charge is -2.19. The topological polar surface area (TPSA) is 176 Å². The van der Waals surface area contributed by atoms with Crippen LogP contribution in [0.3, 0.4) is 0 Å². The maximum Gasteiger partial charge on any atom is 0.272 e. The molecule has 0 fully saturated rings. The second-order valence-electron chi connectivity index (χ2n) is 8.51. The highest BCUT2D eigenvalue weighted by Gasteiger charge is 2.27. The molecule has 0 aliphatic carbocycles. The van der Waals surface area contributed by atoms with Crippen molar-refractivity contribution in [2.75, 3.05) is 10.6 Å². The van der Waals surface area contributed by atoms with Gasteiger partial charge in [0.1, 0.15) is 5.75 Å². The average molecular weight is 711 g/mol. The summed E-state index contributed by atoms with van der Waals surface area (Å²) in [5, 5.41) is 25.1. The molecule has 0 bridgehead atoms. The third kappa shape index (κ3) is 8.17. The van der Waals surface area contributed by atoms with E-state index in [1.807, 2.05) is 36.4 Å². The number of thiocarbonyl (C=S) groups is 1. The number of rotatable bonds is 8. The molecule has 12 nitrogen and oxygen atoms in total. The van der Waals surface area contributed by atoms with Crippen LogP contribution in [-0.2, 0) is 9.59 Å². The van der Waals surface area contributed by atoms with Gasteiger partial charge in [-0.3, -0.25) is 20.4 Å². The molecule has 0 saturated carbocycles. The normalized spacial score (nSPS) is 11.3. The molecular weight excluding hydrogens is 690 g/mol. The van der Waals surface area contributed by atoms with E-state index in [2.05, 4.69) is 73.9 Å². The third-order valence-corrected chi connectivity index (χ3v) is 7.01. The first kappa shape index (κ1) is 30.3. The Kier molecular flexibility index (Phi) is 10.3. The summed E-state index contributed by atoms with van der Waals surface area (Å²) in [6.07, 6.45) is 1.36. The first-order valence-corrected chi connectivity index (χ1v) is 14.0. The van der Waals surface area contributed by atoms with Crippen molar-refractivity contribution in [3.05, 3.63) is 104 Å². The molecule has 4 aromatic carbocycles. The molecule has 0 heterocycles. The van der Waals surface area contributed by atoms with Crippen LogP contribution in [0, 0.1) is 0 Å². The van der Waals surface area contributed by atoms with Crippen molar-refractivity contribution in [3.63, 3.8) is 0 Å². The minimum absolute atomic E-state index is 0.0255. The van der Waals surface area contributed by atoms with Gasteiger partial charge in [0.15, 0.2) is 11.2 Å². The fourth-order valence-corrected chi connectivity index (χ4v) is 5.00. The Balaban J connectivity index is 1.46. The summed E-state index contributed by atoms with van der Waals surface area (Å²) in [7, 11) is 0. The zero-order chi connectivity index (χ0) is 30.1. The predicted molar refractivity (Wildman–Crippen MR) is 173 cm³/mol. The van der Waals surface area contributed by atoms with E-state index >= 15 is 0 Å². The van der Waals surface area contributed by atoms with Gasteiger partial charge in [-0.05, 0) is 102 Å². The van der Waals surface area contributed by atoms with E-state index in [0.717, 1.165) is 10.8 Å². The Labute approximate surface area is 261 Å². The van der Waals surface area contributed by atoms with Gasteiger partial charge in [-0.25, -0.2) is 5.43 Å². The van der Waals surface area contributed by atoms with E-state index in [4.69, 9.17) is 17.7 Å². The fraction of sp³-hybridized carbons (Fsp3) is 0.0370. The number of phenolic OH excluding ortho intramolecular Hbond substituents is 1. The van der Waals surface area contributed by atoms with Crippen molar-refractivity contribution in [3.8, 4) is 5.75 Å². The van der Waals surface area contributed by atoms with Gasteiger partial charge in [0, 0.05) is 22.0 Å². The Hall–Kier alpha value is -4.69. The largest absolute Gasteiger partial charge is 0.506 e. The summed E-state index contributed by atoms with van der Waals surface area (Å²) in [5.74, 6) is -1.46. The van der Waals surface area contributed by atoms with Crippen LogP contribution in [-0.4, -0.2) is 34.3 Å². The Morgan fingerprint density at radius 3 is 2.26 bits per heavy atom. The van der Waals surface area contributed by atoms with Crippen molar-refractivity contribution in [1.29, 1.82) is 0 Å². The molecule has 4 aromatic rings. The van der Waals surface area contributed by atoms with Crippen LogP contribution in [0.2, 0.25) is 0 Å². The van der Waals surface area contributed by atoms with Gasteiger partial charge in [-0.1, -0.05) is 47.6 Å². The number of carbonyl (C=O) groups is 2. The highest BCUT2D eigenvalue weighted by atomic mass is 79.9. The number of nitrogens with zero attached hydrogens (tertiary/aromatic N) is 4. The third-order valence-electron chi connectivity index (χ3n) is 5.60. The molecule has 2 amide bonds. The van der Waals surface area contributed by atoms with Crippen LogP contribution < -0.4 is 26.9 Å². The SMILES string of the molecule is [N-]=[N+]=Nc1ccc(NC(=S)NNC(=O)C(Nc2ccc3ccccc3c2)C(=O)N/N=C/c2cc(Br)c(O)c(Br)c2)cc1. The number of hydrazone groups is 1. The smallest absolute Gasteiger partial charge is 0.272 e. The van der Waals surface area contributed by atoms with Gasteiger partial charge in [0.2, 0.25) is 0 Å². The molecule has 15 heteroatoms. The minimum Gasteiger partial charge on any atom is -0.506 e. The molecule has 6 N–H and O–H groups in total. The van der Waals surface area contributed by atoms with Gasteiger partial charge in [0.25, 0.3) is 11.8 Å². The number of halogens is 2. The van der Waals surface area contributed by atoms with Crippen LogP contribution in [0.15, 0.2) is 98.0 Å². The summed E-state index contributed by atoms with van der Waals surface area (Å²) >= 11 is 11.7. The summed E-state index contributed by atoms with van der Waals surface area (Å²) in [5.41, 5.74) is 18.0. The van der Waals surface area contributed by atoms with E-state index < -0.39 is 17.9 Å². The lowest BCUT2D eigenvalue weighted by Crippen LogP contribution is -2.54. The van der Waals surface area contributed by atoms with Crippen LogP contribution in [0.4, 0.5) is 17.1 Å². The van der Waals surface area contributed by atoms with E-state index in [9.17, 15) is 14.7 Å².